The van der Waals surface area contributed by atoms with Crippen LogP contribution in [0.4, 0.5) is 0 Å². The summed E-state index contributed by atoms with van der Waals surface area (Å²) in [6.07, 6.45) is -0.785. The van der Waals surface area contributed by atoms with E-state index in [1.54, 1.807) is 13.8 Å². The molecule has 0 amide bonds. The number of aliphatic hydroxyl groups excluding tert-OH is 1. The van der Waals surface area contributed by atoms with Gasteiger partial charge in [-0.15, -0.1) is 0 Å². The van der Waals surface area contributed by atoms with Gasteiger partial charge in [0.15, 0.2) is 11.9 Å². The number of esters is 1. The van der Waals surface area contributed by atoms with E-state index >= 15 is 0 Å². The predicted octanol–water partition coefficient (Wildman–Crippen LogP) is 1.22. The Morgan fingerprint density at radius 2 is 2.00 bits per heavy atom. The highest BCUT2D eigenvalue weighted by atomic mass is 16.6. The van der Waals surface area contributed by atoms with E-state index in [4.69, 9.17) is 4.74 Å². The third kappa shape index (κ3) is 4.73. The molecular formula is C16H24O6. The molecule has 0 heterocycles. The number of ketones is 3. The lowest BCUT2D eigenvalue weighted by Crippen LogP contribution is -2.32. The Kier molecular flexibility index (Phi) is 6.87. The molecule has 1 saturated carbocycles. The summed E-state index contributed by atoms with van der Waals surface area (Å²) >= 11 is 0. The monoisotopic (exact) mass is 312 g/mol. The molecule has 0 bridgehead atoms. The van der Waals surface area contributed by atoms with Crippen LogP contribution >= 0.6 is 0 Å². The number of carbonyl (C=O) groups excluding carboxylic acids is 4. The first-order chi connectivity index (χ1) is 10.3. The molecule has 1 rings (SSSR count). The van der Waals surface area contributed by atoms with Crippen LogP contribution in [0.1, 0.15) is 52.9 Å². The predicted molar refractivity (Wildman–Crippen MR) is 78.0 cm³/mol. The van der Waals surface area contributed by atoms with Crippen LogP contribution in [-0.4, -0.2) is 40.6 Å². The molecule has 1 fully saturated rings. The second kappa shape index (κ2) is 8.17. The summed E-state index contributed by atoms with van der Waals surface area (Å²) in [5, 5.41) is 9.68. The van der Waals surface area contributed by atoms with E-state index in [0.29, 0.717) is 19.3 Å². The molecule has 0 aliphatic heterocycles. The summed E-state index contributed by atoms with van der Waals surface area (Å²) in [4.78, 5) is 46.5. The lowest BCUT2D eigenvalue weighted by Gasteiger charge is -2.15. The molecule has 6 heteroatoms. The van der Waals surface area contributed by atoms with E-state index < -0.39 is 24.1 Å². The van der Waals surface area contributed by atoms with E-state index in [9.17, 15) is 24.3 Å². The Morgan fingerprint density at radius 3 is 2.45 bits per heavy atom. The molecule has 6 nitrogen and oxygen atoms in total. The quantitative estimate of drug-likeness (QED) is 0.534. The average Bonchev–Trinajstić information content (AvgIpc) is 2.69. The number of carbonyl (C=O) groups is 4. The van der Waals surface area contributed by atoms with E-state index in [0.717, 1.165) is 0 Å². The van der Waals surface area contributed by atoms with E-state index in [1.165, 1.54) is 6.92 Å². The van der Waals surface area contributed by atoms with Crippen LogP contribution < -0.4 is 0 Å². The molecule has 22 heavy (non-hydrogen) atoms. The molecule has 0 saturated heterocycles. The molecule has 4 unspecified atom stereocenters. The van der Waals surface area contributed by atoms with Crippen molar-refractivity contribution in [3.8, 4) is 0 Å². The number of hydrogen-bond acceptors (Lipinski definition) is 6. The van der Waals surface area contributed by atoms with Gasteiger partial charge in [-0.05, 0) is 26.2 Å². The first-order valence-electron chi connectivity index (χ1n) is 7.72. The van der Waals surface area contributed by atoms with E-state index in [1.807, 2.05) is 0 Å². The van der Waals surface area contributed by atoms with Crippen LogP contribution in [-0.2, 0) is 23.9 Å². The van der Waals surface area contributed by atoms with Crippen molar-refractivity contribution in [1.29, 1.82) is 0 Å². The number of ether oxygens (including phenoxy) is 1. The molecule has 0 aromatic carbocycles. The summed E-state index contributed by atoms with van der Waals surface area (Å²) in [6, 6.07) is 0. The highest BCUT2D eigenvalue weighted by molar-refractivity contribution is 6.01. The van der Waals surface area contributed by atoms with Gasteiger partial charge in [-0.1, -0.05) is 13.8 Å². The smallest absolute Gasteiger partial charge is 0.306 e. The van der Waals surface area contributed by atoms with Crippen molar-refractivity contribution in [3.05, 3.63) is 0 Å². The topological polar surface area (TPSA) is 97.7 Å². The van der Waals surface area contributed by atoms with Gasteiger partial charge in [0.1, 0.15) is 11.6 Å². The minimum atomic E-state index is -1.08. The van der Waals surface area contributed by atoms with Crippen LogP contribution in [0.3, 0.4) is 0 Å². The number of rotatable bonds is 8. The zero-order chi connectivity index (χ0) is 16.9. The van der Waals surface area contributed by atoms with Crippen molar-refractivity contribution >= 4 is 23.3 Å². The van der Waals surface area contributed by atoms with Crippen LogP contribution in [0.15, 0.2) is 0 Å². The second-order valence-electron chi connectivity index (χ2n) is 5.89. The van der Waals surface area contributed by atoms with Gasteiger partial charge in [0.2, 0.25) is 0 Å². The van der Waals surface area contributed by atoms with Gasteiger partial charge < -0.3 is 9.84 Å². The fourth-order valence-electron chi connectivity index (χ4n) is 2.70. The van der Waals surface area contributed by atoms with Crippen molar-refractivity contribution in [3.63, 3.8) is 0 Å². The third-order valence-electron chi connectivity index (χ3n) is 4.07. The van der Waals surface area contributed by atoms with Crippen LogP contribution in [0, 0.1) is 11.8 Å². The van der Waals surface area contributed by atoms with Gasteiger partial charge in [0, 0.05) is 18.8 Å². The molecule has 4 atom stereocenters. The molecule has 1 aliphatic carbocycles. The lowest BCUT2D eigenvalue weighted by atomic mass is 9.92. The van der Waals surface area contributed by atoms with Gasteiger partial charge in [0.25, 0.3) is 0 Å². The molecule has 0 spiro atoms. The fraction of sp³-hybridized carbons (Fsp3) is 0.750. The molecule has 1 N–H and O–H groups in total. The minimum absolute atomic E-state index is 0.0195. The summed E-state index contributed by atoms with van der Waals surface area (Å²) in [7, 11) is 0. The molecule has 0 aromatic heterocycles. The number of aliphatic hydroxyl groups is 1. The van der Waals surface area contributed by atoms with Gasteiger partial charge in [-0.2, -0.15) is 0 Å². The largest absolute Gasteiger partial charge is 0.452 e. The molecular weight excluding hydrogens is 288 g/mol. The van der Waals surface area contributed by atoms with Crippen molar-refractivity contribution in [2.75, 3.05) is 0 Å². The second-order valence-corrected chi connectivity index (χ2v) is 5.89. The first-order valence-corrected chi connectivity index (χ1v) is 7.72. The Hall–Kier alpha value is -1.56. The van der Waals surface area contributed by atoms with Crippen molar-refractivity contribution < 1.29 is 29.0 Å². The highest BCUT2D eigenvalue weighted by Gasteiger charge is 2.41. The van der Waals surface area contributed by atoms with E-state index in [2.05, 4.69) is 0 Å². The minimum Gasteiger partial charge on any atom is -0.452 e. The summed E-state index contributed by atoms with van der Waals surface area (Å²) in [6.45, 7) is 4.75. The van der Waals surface area contributed by atoms with Crippen molar-refractivity contribution in [1.82, 2.24) is 0 Å². The van der Waals surface area contributed by atoms with Crippen molar-refractivity contribution in [2.24, 2.45) is 11.8 Å². The molecule has 0 radical (unpaired) electrons. The molecule has 1 aliphatic rings. The Bertz CT molecular complexity index is 456. The lowest BCUT2D eigenvalue weighted by molar-refractivity contribution is -0.158. The Morgan fingerprint density at radius 1 is 1.36 bits per heavy atom. The van der Waals surface area contributed by atoms with Crippen LogP contribution in [0.25, 0.3) is 0 Å². The summed E-state index contributed by atoms with van der Waals surface area (Å²) in [5.41, 5.74) is 0. The maximum Gasteiger partial charge on any atom is 0.306 e. The zero-order valence-electron chi connectivity index (χ0n) is 13.3. The normalized spacial score (nSPS) is 25.8. The van der Waals surface area contributed by atoms with Gasteiger partial charge in [-0.25, -0.2) is 0 Å². The molecule has 0 aromatic rings. The maximum absolute atomic E-state index is 11.7. The Balaban J connectivity index is 2.42. The fourth-order valence-corrected chi connectivity index (χ4v) is 2.70. The van der Waals surface area contributed by atoms with Gasteiger partial charge in [0.05, 0.1) is 12.0 Å². The Labute approximate surface area is 130 Å². The zero-order valence-corrected chi connectivity index (χ0v) is 13.3. The van der Waals surface area contributed by atoms with Crippen LogP contribution in [0.5, 0.6) is 0 Å². The number of hydrogen-bond donors (Lipinski definition) is 1. The third-order valence-corrected chi connectivity index (χ3v) is 4.07. The first kappa shape index (κ1) is 18.5. The highest BCUT2D eigenvalue weighted by Crippen LogP contribution is 2.25. The van der Waals surface area contributed by atoms with E-state index in [-0.39, 0.29) is 36.1 Å². The van der Waals surface area contributed by atoms with Crippen LogP contribution in [0.2, 0.25) is 0 Å². The van der Waals surface area contributed by atoms with Gasteiger partial charge in [-0.3, -0.25) is 19.2 Å². The van der Waals surface area contributed by atoms with Gasteiger partial charge >= 0.3 is 5.97 Å². The summed E-state index contributed by atoms with van der Waals surface area (Å²) in [5.74, 6) is -2.15. The van der Waals surface area contributed by atoms with Crippen molar-refractivity contribution in [2.45, 2.75) is 65.1 Å². The SMILES string of the molecule is CCC(=O)C(CCCC(=O)OC1C(=O)C(C)CC1O)C(C)=O. The molecule has 124 valence electrons. The average molecular weight is 312 g/mol. The standard InChI is InChI=1S/C16H24O6/c1-4-12(18)11(10(3)17)6-5-7-14(20)22-16-13(19)8-9(2)15(16)21/h9,11,13,16,19H,4-8H2,1-3H3. The number of Topliss-reactive ketones (excluding diaryl/α,β-unsaturated/α-hetero) is 3. The maximum atomic E-state index is 11.7. The summed E-state index contributed by atoms with van der Waals surface area (Å²) < 4.78 is 5.03.